The third kappa shape index (κ3) is 3.61. The minimum atomic E-state index is -0.497. The van der Waals surface area contributed by atoms with Crippen molar-refractivity contribution in [2.75, 3.05) is 25.5 Å². The minimum Gasteiger partial charge on any atom is -0.383 e. The van der Waals surface area contributed by atoms with E-state index in [1.54, 1.807) is 12.1 Å². The van der Waals surface area contributed by atoms with Crippen LogP contribution in [-0.4, -0.2) is 37.0 Å². The average Bonchev–Trinajstić information content (AvgIpc) is 2.37. The SMILES string of the molecule is CN1CCCCC1CNc1ccc(C(N)=O)c(Cl)c1. The number of carbonyl (C=O) groups is 1. The van der Waals surface area contributed by atoms with E-state index in [0.29, 0.717) is 16.6 Å². The van der Waals surface area contributed by atoms with Gasteiger partial charge in [-0.2, -0.15) is 0 Å². The van der Waals surface area contributed by atoms with Crippen molar-refractivity contribution in [2.45, 2.75) is 25.3 Å². The number of hydrogen-bond acceptors (Lipinski definition) is 3. The van der Waals surface area contributed by atoms with Gasteiger partial charge in [0.2, 0.25) is 5.91 Å². The Hall–Kier alpha value is -1.26. The van der Waals surface area contributed by atoms with Crippen molar-refractivity contribution in [1.29, 1.82) is 0 Å². The number of piperidine rings is 1. The summed E-state index contributed by atoms with van der Waals surface area (Å²) in [5, 5.41) is 3.77. The van der Waals surface area contributed by atoms with Gasteiger partial charge in [0, 0.05) is 18.3 Å². The van der Waals surface area contributed by atoms with Crippen LogP contribution in [0.2, 0.25) is 5.02 Å². The van der Waals surface area contributed by atoms with Gasteiger partial charge in [0.05, 0.1) is 10.6 Å². The second-order valence-corrected chi connectivity index (χ2v) is 5.48. The quantitative estimate of drug-likeness (QED) is 0.891. The molecule has 5 heteroatoms. The first-order valence-corrected chi connectivity index (χ1v) is 6.99. The predicted octanol–water partition coefficient (Wildman–Crippen LogP) is 2.34. The highest BCUT2D eigenvalue weighted by molar-refractivity contribution is 6.34. The second kappa shape index (κ2) is 6.26. The summed E-state index contributed by atoms with van der Waals surface area (Å²) in [7, 11) is 2.16. The fourth-order valence-corrected chi connectivity index (χ4v) is 2.74. The van der Waals surface area contributed by atoms with Crippen LogP contribution in [0, 0.1) is 0 Å². The maximum Gasteiger partial charge on any atom is 0.250 e. The standard InChI is InChI=1S/C14H20ClN3O/c1-18-7-3-2-4-11(18)9-17-10-5-6-12(14(16)19)13(15)8-10/h5-6,8,11,17H,2-4,7,9H2,1H3,(H2,16,19). The number of nitrogens with one attached hydrogen (secondary N) is 1. The fourth-order valence-electron chi connectivity index (χ4n) is 2.46. The van der Waals surface area contributed by atoms with Gasteiger partial charge in [-0.3, -0.25) is 4.79 Å². The van der Waals surface area contributed by atoms with E-state index in [2.05, 4.69) is 17.3 Å². The molecule has 1 aromatic carbocycles. The zero-order valence-corrected chi connectivity index (χ0v) is 11.9. The lowest BCUT2D eigenvalue weighted by Gasteiger charge is -2.32. The highest BCUT2D eigenvalue weighted by atomic mass is 35.5. The number of nitrogens with zero attached hydrogens (tertiary/aromatic N) is 1. The molecule has 1 aliphatic heterocycles. The van der Waals surface area contributed by atoms with Crippen molar-refractivity contribution in [3.8, 4) is 0 Å². The Kier molecular flexibility index (Phi) is 4.66. The Morgan fingerprint density at radius 1 is 1.53 bits per heavy atom. The van der Waals surface area contributed by atoms with E-state index in [4.69, 9.17) is 17.3 Å². The maximum absolute atomic E-state index is 11.1. The molecule has 0 saturated carbocycles. The number of benzene rings is 1. The summed E-state index contributed by atoms with van der Waals surface area (Å²) >= 11 is 6.02. The summed E-state index contributed by atoms with van der Waals surface area (Å²) in [6, 6.07) is 5.82. The van der Waals surface area contributed by atoms with Crippen LogP contribution in [0.4, 0.5) is 5.69 Å². The van der Waals surface area contributed by atoms with E-state index in [1.807, 2.05) is 6.07 Å². The summed E-state index contributed by atoms with van der Waals surface area (Å²) in [5.41, 5.74) is 6.51. The molecule has 2 rings (SSSR count). The molecule has 104 valence electrons. The molecule has 3 N–H and O–H groups in total. The molecule has 1 heterocycles. The van der Waals surface area contributed by atoms with Gasteiger partial charge >= 0.3 is 0 Å². The highest BCUT2D eigenvalue weighted by Gasteiger charge is 2.18. The first-order valence-electron chi connectivity index (χ1n) is 6.61. The van der Waals surface area contributed by atoms with Gasteiger partial charge in [-0.25, -0.2) is 0 Å². The molecule has 0 radical (unpaired) electrons. The molecule has 0 aliphatic carbocycles. The van der Waals surface area contributed by atoms with Gasteiger partial charge < -0.3 is 16.0 Å². The van der Waals surface area contributed by atoms with Crippen LogP contribution in [-0.2, 0) is 0 Å². The number of halogens is 1. The molecule has 1 atom stereocenters. The third-order valence-corrected chi connectivity index (χ3v) is 4.01. The number of anilines is 1. The van der Waals surface area contributed by atoms with E-state index in [1.165, 1.54) is 19.3 Å². The van der Waals surface area contributed by atoms with Crippen molar-refractivity contribution in [3.63, 3.8) is 0 Å². The number of rotatable bonds is 4. The molecule has 19 heavy (non-hydrogen) atoms. The van der Waals surface area contributed by atoms with Crippen LogP contribution >= 0.6 is 11.6 Å². The Bertz CT molecular complexity index is 464. The lowest BCUT2D eigenvalue weighted by molar-refractivity contribution is 0.100. The van der Waals surface area contributed by atoms with Crippen LogP contribution in [0.15, 0.2) is 18.2 Å². The maximum atomic E-state index is 11.1. The number of carbonyl (C=O) groups excluding carboxylic acids is 1. The Balaban J connectivity index is 1.96. The van der Waals surface area contributed by atoms with E-state index in [9.17, 15) is 4.79 Å². The van der Waals surface area contributed by atoms with Gasteiger partial charge in [0.25, 0.3) is 0 Å². The van der Waals surface area contributed by atoms with E-state index >= 15 is 0 Å². The lowest BCUT2D eigenvalue weighted by Crippen LogP contribution is -2.40. The van der Waals surface area contributed by atoms with Gasteiger partial charge in [0.15, 0.2) is 0 Å². The molecule has 1 amide bonds. The number of likely N-dealkylation sites (tertiary alicyclic amines) is 1. The van der Waals surface area contributed by atoms with Gasteiger partial charge in [-0.15, -0.1) is 0 Å². The summed E-state index contributed by atoms with van der Waals surface area (Å²) in [4.78, 5) is 13.5. The zero-order valence-electron chi connectivity index (χ0n) is 11.2. The van der Waals surface area contributed by atoms with E-state index in [-0.39, 0.29) is 0 Å². The van der Waals surface area contributed by atoms with Gasteiger partial charge in [-0.1, -0.05) is 18.0 Å². The van der Waals surface area contributed by atoms with Crippen molar-refractivity contribution in [3.05, 3.63) is 28.8 Å². The van der Waals surface area contributed by atoms with Crippen molar-refractivity contribution in [1.82, 2.24) is 4.90 Å². The van der Waals surface area contributed by atoms with Crippen molar-refractivity contribution < 1.29 is 4.79 Å². The van der Waals surface area contributed by atoms with Crippen molar-refractivity contribution in [2.24, 2.45) is 5.73 Å². The summed E-state index contributed by atoms with van der Waals surface area (Å²) in [6.07, 6.45) is 3.79. The van der Waals surface area contributed by atoms with Crippen LogP contribution in [0.3, 0.4) is 0 Å². The topological polar surface area (TPSA) is 58.4 Å². The molecule has 0 bridgehead atoms. The largest absolute Gasteiger partial charge is 0.383 e. The van der Waals surface area contributed by atoms with E-state index in [0.717, 1.165) is 18.8 Å². The molecular weight excluding hydrogens is 262 g/mol. The smallest absolute Gasteiger partial charge is 0.250 e. The molecule has 4 nitrogen and oxygen atoms in total. The highest BCUT2D eigenvalue weighted by Crippen LogP contribution is 2.21. The number of hydrogen-bond donors (Lipinski definition) is 2. The second-order valence-electron chi connectivity index (χ2n) is 5.07. The number of likely N-dealkylation sites (N-methyl/N-ethyl adjacent to an activating group) is 1. The normalized spacial score (nSPS) is 20.2. The number of primary amides is 1. The van der Waals surface area contributed by atoms with E-state index < -0.39 is 5.91 Å². The zero-order chi connectivity index (χ0) is 13.8. The number of nitrogens with two attached hydrogens (primary N) is 1. The first kappa shape index (κ1) is 14.2. The molecule has 1 saturated heterocycles. The third-order valence-electron chi connectivity index (χ3n) is 3.70. The number of amides is 1. The van der Waals surface area contributed by atoms with Crippen molar-refractivity contribution >= 4 is 23.2 Å². The molecule has 0 spiro atoms. The Morgan fingerprint density at radius 2 is 2.32 bits per heavy atom. The summed E-state index contributed by atoms with van der Waals surface area (Å²) in [6.45, 7) is 2.05. The Labute approximate surface area is 118 Å². The van der Waals surface area contributed by atoms with Crippen LogP contribution in [0.1, 0.15) is 29.6 Å². The fraction of sp³-hybridized carbons (Fsp3) is 0.500. The first-order chi connectivity index (χ1) is 9.08. The van der Waals surface area contributed by atoms with Crippen LogP contribution < -0.4 is 11.1 Å². The monoisotopic (exact) mass is 281 g/mol. The summed E-state index contributed by atoms with van der Waals surface area (Å²) < 4.78 is 0. The molecule has 1 aliphatic rings. The lowest BCUT2D eigenvalue weighted by atomic mass is 10.0. The van der Waals surface area contributed by atoms with Gasteiger partial charge in [0.1, 0.15) is 0 Å². The molecular formula is C14H20ClN3O. The van der Waals surface area contributed by atoms with Crippen LogP contribution in [0.5, 0.6) is 0 Å². The molecule has 0 aromatic heterocycles. The molecule has 1 fully saturated rings. The van der Waals surface area contributed by atoms with Crippen LogP contribution in [0.25, 0.3) is 0 Å². The molecule has 1 unspecified atom stereocenters. The van der Waals surface area contributed by atoms with Gasteiger partial charge in [-0.05, 0) is 44.6 Å². The summed E-state index contributed by atoms with van der Waals surface area (Å²) in [5.74, 6) is -0.497. The molecule has 1 aromatic rings. The average molecular weight is 282 g/mol. The predicted molar refractivity (Wildman–Crippen MR) is 78.7 cm³/mol. The Morgan fingerprint density at radius 3 is 2.95 bits per heavy atom. The minimum absolute atomic E-state index is 0.363.